The third-order valence-corrected chi connectivity index (χ3v) is 2.35. The van der Waals surface area contributed by atoms with Crippen LogP contribution < -0.4 is 5.73 Å². The minimum absolute atomic E-state index is 0.244. The highest BCUT2D eigenvalue weighted by molar-refractivity contribution is 7.80. The van der Waals surface area contributed by atoms with Crippen LogP contribution in [0.2, 0.25) is 0 Å². The number of rotatable bonds is 1. The fourth-order valence-corrected chi connectivity index (χ4v) is 1.70. The zero-order valence-electron chi connectivity index (χ0n) is 6.69. The summed E-state index contributed by atoms with van der Waals surface area (Å²) in [5, 5.41) is 8.77. The van der Waals surface area contributed by atoms with E-state index in [4.69, 9.17) is 23.1 Å². The summed E-state index contributed by atoms with van der Waals surface area (Å²) in [6.07, 6.45) is 1.76. The Bertz CT molecular complexity index is 186. The monoisotopic (exact) mass is 188 g/mol. The molecule has 68 valence electrons. The fraction of sp³-hybridized carbons (Fsp3) is 0.714. The number of hydrogen-bond acceptors (Lipinski definition) is 2. The van der Waals surface area contributed by atoms with Gasteiger partial charge in [0.1, 0.15) is 0 Å². The minimum Gasteiger partial charge on any atom is -0.465 e. The zero-order valence-corrected chi connectivity index (χ0v) is 7.51. The summed E-state index contributed by atoms with van der Waals surface area (Å²) >= 11 is 4.78. The second-order valence-corrected chi connectivity index (χ2v) is 3.36. The number of piperidine rings is 1. The second-order valence-electron chi connectivity index (χ2n) is 2.89. The van der Waals surface area contributed by atoms with Gasteiger partial charge >= 0.3 is 6.09 Å². The first-order chi connectivity index (χ1) is 5.63. The Morgan fingerprint density at radius 1 is 1.58 bits per heavy atom. The highest BCUT2D eigenvalue weighted by Gasteiger charge is 2.27. The van der Waals surface area contributed by atoms with E-state index in [1.54, 1.807) is 0 Å². The number of hydrogen-bond donors (Lipinski definition) is 2. The first-order valence-electron chi connectivity index (χ1n) is 3.92. The summed E-state index contributed by atoms with van der Waals surface area (Å²) in [4.78, 5) is 12.3. The molecule has 5 heteroatoms. The molecule has 0 saturated carbocycles. The summed E-state index contributed by atoms with van der Waals surface area (Å²) in [7, 11) is 0. The number of nitrogens with zero attached hydrogens (tertiary/aromatic N) is 1. The van der Waals surface area contributed by atoms with E-state index < -0.39 is 6.09 Å². The first kappa shape index (κ1) is 9.25. The quantitative estimate of drug-likeness (QED) is 0.597. The molecule has 12 heavy (non-hydrogen) atoms. The van der Waals surface area contributed by atoms with Gasteiger partial charge in [0.15, 0.2) is 0 Å². The van der Waals surface area contributed by atoms with E-state index >= 15 is 0 Å². The lowest BCUT2D eigenvalue weighted by Gasteiger charge is -2.32. The predicted molar refractivity (Wildman–Crippen MR) is 49.2 cm³/mol. The van der Waals surface area contributed by atoms with Crippen LogP contribution in [0, 0.1) is 0 Å². The normalized spacial score (nSPS) is 23.7. The van der Waals surface area contributed by atoms with Crippen LogP contribution in [-0.2, 0) is 0 Å². The number of carbonyl (C=O) groups is 1. The lowest BCUT2D eigenvalue weighted by Crippen LogP contribution is -2.49. The second kappa shape index (κ2) is 3.71. The minimum atomic E-state index is -0.924. The number of nitrogens with two attached hydrogens (primary N) is 1. The Kier molecular flexibility index (Phi) is 2.86. The van der Waals surface area contributed by atoms with Gasteiger partial charge in [-0.2, -0.15) is 0 Å². The van der Waals surface area contributed by atoms with Gasteiger partial charge in [0.25, 0.3) is 0 Å². The molecule has 1 atom stereocenters. The van der Waals surface area contributed by atoms with E-state index in [0.29, 0.717) is 6.54 Å². The van der Waals surface area contributed by atoms with Crippen molar-refractivity contribution in [2.45, 2.75) is 25.3 Å². The third kappa shape index (κ3) is 1.85. The molecular formula is C7H12N2O2S. The lowest BCUT2D eigenvalue weighted by molar-refractivity contribution is 0.124. The molecule has 0 radical (unpaired) electrons. The molecule has 1 aliphatic heterocycles. The van der Waals surface area contributed by atoms with Gasteiger partial charge in [-0.15, -0.1) is 0 Å². The third-order valence-electron chi connectivity index (χ3n) is 2.08. The van der Waals surface area contributed by atoms with Crippen molar-refractivity contribution in [1.29, 1.82) is 0 Å². The van der Waals surface area contributed by atoms with Crippen molar-refractivity contribution >= 4 is 23.3 Å². The molecule has 0 bridgehead atoms. The molecule has 0 aromatic heterocycles. The van der Waals surface area contributed by atoms with Crippen LogP contribution in [0.5, 0.6) is 0 Å². The number of amides is 1. The van der Waals surface area contributed by atoms with Gasteiger partial charge in [0.2, 0.25) is 0 Å². The average Bonchev–Trinajstić information content (AvgIpc) is 2.04. The van der Waals surface area contributed by atoms with Crippen LogP contribution >= 0.6 is 12.2 Å². The standard InChI is InChI=1S/C7H12N2O2S/c8-6(12)5-3-1-2-4-9(5)7(10)11/h5H,1-4H2,(H2,8,12)(H,10,11). The maximum Gasteiger partial charge on any atom is 0.407 e. The molecule has 0 aromatic carbocycles. The molecule has 4 nitrogen and oxygen atoms in total. The van der Waals surface area contributed by atoms with Gasteiger partial charge in [-0.05, 0) is 19.3 Å². The Balaban J connectivity index is 2.67. The van der Waals surface area contributed by atoms with Crippen LogP contribution in [0.3, 0.4) is 0 Å². The molecule has 1 heterocycles. The highest BCUT2D eigenvalue weighted by Crippen LogP contribution is 2.16. The van der Waals surface area contributed by atoms with Gasteiger partial charge in [-0.1, -0.05) is 12.2 Å². The maximum atomic E-state index is 10.7. The van der Waals surface area contributed by atoms with Crippen molar-refractivity contribution in [2.24, 2.45) is 5.73 Å². The summed E-state index contributed by atoms with van der Waals surface area (Å²) in [6, 6.07) is -0.244. The predicted octanol–water partition coefficient (Wildman–Crippen LogP) is 0.805. The smallest absolute Gasteiger partial charge is 0.407 e. The summed E-state index contributed by atoms with van der Waals surface area (Å²) in [5.74, 6) is 0. The van der Waals surface area contributed by atoms with Crippen LogP contribution in [0.4, 0.5) is 4.79 Å². The molecule has 1 aliphatic rings. The van der Waals surface area contributed by atoms with Crippen molar-refractivity contribution in [1.82, 2.24) is 4.90 Å². The number of likely N-dealkylation sites (tertiary alicyclic amines) is 1. The number of thiocarbonyl (C=S) groups is 1. The number of carboxylic acid groups (broad SMARTS) is 1. The molecule has 0 aromatic rings. The van der Waals surface area contributed by atoms with Gasteiger partial charge in [0, 0.05) is 6.54 Å². The summed E-state index contributed by atoms with van der Waals surface area (Å²) < 4.78 is 0. The molecule has 3 N–H and O–H groups in total. The van der Waals surface area contributed by atoms with E-state index in [2.05, 4.69) is 0 Å². The molecule has 0 aliphatic carbocycles. The summed E-state index contributed by atoms with van der Waals surface area (Å²) in [6.45, 7) is 0.553. The van der Waals surface area contributed by atoms with Gasteiger partial charge in [-0.3, -0.25) is 4.90 Å². The Morgan fingerprint density at radius 3 is 2.67 bits per heavy atom. The van der Waals surface area contributed by atoms with Gasteiger partial charge in [0.05, 0.1) is 11.0 Å². The molecule has 1 saturated heterocycles. The molecule has 1 fully saturated rings. The fourth-order valence-electron chi connectivity index (χ4n) is 1.46. The average molecular weight is 188 g/mol. The molecule has 1 rings (SSSR count). The van der Waals surface area contributed by atoms with E-state index in [1.807, 2.05) is 0 Å². The SMILES string of the molecule is NC(=S)C1CCCCN1C(=O)O. The van der Waals surface area contributed by atoms with Crippen molar-refractivity contribution in [3.05, 3.63) is 0 Å². The highest BCUT2D eigenvalue weighted by atomic mass is 32.1. The zero-order chi connectivity index (χ0) is 9.14. The van der Waals surface area contributed by atoms with Crippen LogP contribution in [-0.4, -0.2) is 33.7 Å². The van der Waals surface area contributed by atoms with Crippen molar-refractivity contribution < 1.29 is 9.90 Å². The van der Waals surface area contributed by atoms with E-state index in [0.717, 1.165) is 19.3 Å². The van der Waals surface area contributed by atoms with Crippen molar-refractivity contribution in [3.63, 3.8) is 0 Å². The van der Waals surface area contributed by atoms with Crippen LogP contribution in [0.15, 0.2) is 0 Å². The molecule has 1 amide bonds. The Morgan fingerprint density at radius 2 is 2.25 bits per heavy atom. The van der Waals surface area contributed by atoms with Gasteiger partial charge < -0.3 is 10.8 Å². The first-order valence-corrected chi connectivity index (χ1v) is 4.32. The largest absolute Gasteiger partial charge is 0.465 e. The van der Waals surface area contributed by atoms with E-state index in [9.17, 15) is 4.79 Å². The molecule has 0 spiro atoms. The van der Waals surface area contributed by atoms with Crippen molar-refractivity contribution in [2.75, 3.05) is 6.54 Å². The summed E-state index contributed by atoms with van der Waals surface area (Å²) in [5.41, 5.74) is 5.42. The maximum absolute atomic E-state index is 10.7. The van der Waals surface area contributed by atoms with E-state index in [-0.39, 0.29) is 11.0 Å². The Labute approximate surface area is 76.3 Å². The molecule has 1 unspecified atom stereocenters. The van der Waals surface area contributed by atoms with Crippen LogP contribution in [0.1, 0.15) is 19.3 Å². The lowest BCUT2D eigenvalue weighted by atomic mass is 10.0. The molecular weight excluding hydrogens is 176 g/mol. The van der Waals surface area contributed by atoms with Crippen LogP contribution in [0.25, 0.3) is 0 Å². The van der Waals surface area contributed by atoms with E-state index in [1.165, 1.54) is 4.90 Å². The van der Waals surface area contributed by atoms with Crippen molar-refractivity contribution in [3.8, 4) is 0 Å². The topological polar surface area (TPSA) is 66.6 Å². The Hall–Kier alpha value is -0.840. The van der Waals surface area contributed by atoms with Gasteiger partial charge in [-0.25, -0.2) is 4.79 Å².